The van der Waals surface area contributed by atoms with Crippen LogP contribution in [0.5, 0.6) is 5.75 Å². The molecule has 0 aliphatic carbocycles. The highest BCUT2D eigenvalue weighted by Gasteiger charge is 2.02. The van der Waals surface area contributed by atoms with E-state index >= 15 is 0 Å². The molecule has 0 fully saturated rings. The second kappa shape index (κ2) is 14.1. The number of nitrogens with one attached hydrogen (secondary N) is 2. The van der Waals surface area contributed by atoms with Crippen molar-refractivity contribution in [1.29, 1.82) is 0 Å². The Labute approximate surface area is 157 Å². The Kier molecular flexibility index (Phi) is 13.2. The smallest absolute Gasteiger partial charge is 0.191 e. The summed E-state index contributed by atoms with van der Waals surface area (Å²) in [6.45, 7) is 10.5. The van der Waals surface area contributed by atoms with Gasteiger partial charge in [-0.2, -0.15) is 0 Å². The van der Waals surface area contributed by atoms with Crippen LogP contribution in [0.1, 0.15) is 25.8 Å². The van der Waals surface area contributed by atoms with Crippen LogP contribution in [0, 0.1) is 0 Å². The summed E-state index contributed by atoms with van der Waals surface area (Å²) in [6.07, 6.45) is 6.92. The molecule has 0 aromatic heterocycles. The van der Waals surface area contributed by atoms with Gasteiger partial charge in [-0.3, -0.25) is 0 Å². The number of allylic oxidation sites excluding steroid dienone is 1. The molecule has 0 amide bonds. The van der Waals surface area contributed by atoms with Crippen LogP contribution in [0.3, 0.4) is 0 Å². The lowest BCUT2D eigenvalue weighted by Crippen LogP contribution is -2.37. The molecule has 2 N–H and O–H groups in total. The van der Waals surface area contributed by atoms with Gasteiger partial charge in [0.15, 0.2) is 5.96 Å². The molecule has 128 valence electrons. The number of hydrogen-bond donors (Lipinski definition) is 2. The van der Waals surface area contributed by atoms with Crippen LogP contribution in [0.25, 0.3) is 0 Å². The summed E-state index contributed by atoms with van der Waals surface area (Å²) in [5.41, 5.74) is 1.06. The quantitative estimate of drug-likeness (QED) is 0.206. The first-order valence-corrected chi connectivity index (χ1v) is 7.76. The van der Waals surface area contributed by atoms with Crippen molar-refractivity contribution in [2.24, 2.45) is 4.99 Å². The van der Waals surface area contributed by atoms with Gasteiger partial charge >= 0.3 is 0 Å². The Morgan fingerprint density at radius 3 is 2.78 bits per heavy atom. The summed E-state index contributed by atoms with van der Waals surface area (Å²) in [5, 5.41) is 6.57. The fraction of sp³-hybridized carbons (Fsp3) is 0.389. The number of benzene rings is 1. The van der Waals surface area contributed by atoms with Crippen molar-refractivity contribution in [1.82, 2.24) is 10.6 Å². The number of hydrogen-bond acceptors (Lipinski definition) is 2. The van der Waals surface area contributed by atoms with Crippen LogP contribution in [0.4, 0.5) is 0 Å². The summed E-state index contributed by atoms with van der Waals surface area (Å²) in [7, 11) is 0. The van der Waals surface area contributed by atoms with Gasteiger partial charge in [-0.1, -0.05) is 43.0 Å². The van der Waals surface area contributed by atoms with Gasteiger partial charge in [-0.15, -0.1) is 24.0 Å². The van der Waals surface area contributed by atoms with Crippen LogP contribution >= 0.6 is 24.0 Å². The monoisotopic (exact) mass is 429 g/mol. The molecule has 1 rings (SSSR count). The fourth-order valence-electron chi connectivity index (χ4n) is 1.87. The first-order valence-electron chi connectivity index (χ1n) is 7.76. The molecule has 0 saturated heterocycles. The predicted octanol–water partition coefficient (Wildman–Crippen LogP) is 3.89. The molecule has 0 saturated carbocycles. The average molecular weight is 429 g/mol. The molecule has 0 unspecified atom stereocenters. The van der Waals surface area contributed by atoms with E-state index in [-0.39, 0.29) is 24.0 Å². The maximum atomic E-state index is 5.65. The van der Waals surface area contributed by atoms with Crippen LogP contribution in [0.2, 0.25) is 0 Å². The number of aliphatic imine (C=N–C) groups is 1. The van der Waals surface area contributed by atoms with Gasteiger partial charge in [0.05, 0.1) is 6.54 Å². The van der Waals surface area contributed by atoms with E-state index in [0.717, 1.165) is 36.8 Å². The summed E-state index contributed by atoms with van der Waals surface area (Å²) in [6, 6.07) is 7.95. The van der Waals surface area contributed by atoms with Gasteiger partial charge in [0.2, 0.25) is 0 Å². The van der Waals surface area contributed by atoms with E-state index in [4.69, 9.17) is 4.74 Å². The minimum atomic E-state index is 0. The highest BCUT2D eigenvalue weighted by molar-refractivity contribution is 14.0. The maximum Gasteiger partial charge on any atom is 0.191 e. The van der Waals surface area contributed by atoms with E-state index in [1.807, 2.05) is 31.2 Å². The molecule has 23 heavy (non-hydrogen) atoms. The Hall–Kier alpha value is -1.50. The molecule has 0 aliphatic rings. The van der Waals surface area contributed by atoms with Gasteiger partial charge in [0, 0.05) is 18.7 Å². The van der Waals surface area contributed by atoms with Crippen molar-refractivity contribution in [2.75, 3.05) is 19.7 Å². The predicted molar refractivity (Wildman–Crippen MR) is 110 cm³/mol. The molecule has 1 aromatic carbocycles. The fourth-order valence-corrected chi connectivity index (χ4v) is 1.87. The molecule has 5 heteroatoms. The number of rotatable bonds is 9. The molecule has 0 atom stereocenters. The summed E-state index contributed by atoms with van der Waals surface area (Å²) < 4.78 is 5.65. The Balaban J connectivity index is 0.00000484. The van der Waals surface area contributed by atoms with E-state index < -0.39 is 0 Å². The van der Waals surface area contributed by atoms with E-state index in [1.54, 1.807) is 6.08 Å². The van der Waals surface area contributed by atoms with Crippen LogP contribution in [-0.2, 0) is 6.54 Å². The Bertz CT molecular complexity index is 501. The molecular formula is C18H28IN3O. The lowest BCUT2D eigenvalue weighted by molar-refractivity contribution is 0.359. The number of nitrogens with zero attached hydrogens (tertiary/aromatic N) is 1. The van der Waals surface area contributed by atoms with Crippen molar-refractivity contribution in [3.05, 3.63) is 54.6 Å². The minimum absolute atomic E-state index is 0. The normalized spacial score (nSPS) is 11.0. The average Bonchev–Trinajstić information content (AvgIpc) is 2.55. The van der Waals surface area contributed by atoms with Crippen LogP contribution in [0.15, 0.2) is 54.1 Å². The van der Waals surface area contributed by atoms with Gasteiger partial charge in [-0.25, -0.2) is 4.99 Å². The number of guanidine groups is 1. The molecule has 4 nitrogen and oxygen atoms in total. The topological polar surface area (TPSA) is 45.6 Å². The summed E-state index contributed by atoms with van der Waals surface area (Å²) in [4.78, 5) is 4.61. The highest BCUT2D eigenvalue weighted by atomic mass is 127. The van der Waals surface area contributed by atoms with Crippen LogP contribution < -0.4 is 15.4 Å². The third-order valence-electron chi connectivity index (χ3n) is 2.92. The molecule has 0 bridgehead atoms. The number of halogens is 1. The van der Waals surface area contributed by atoms with E-state index in [2.05, 4.69) is 41.3 Å². The molecule has 1 aromatic rings. The van der Waals surface area contributed by atoms with Crippen molar-refractivity contribution in [3.8, 4) is 5.75 Å². The largest absolute Gasteiger partial charge is 0.489 e. The highest BCUT2D eigenvalue weighted by Crippen LogP contribution is 2.18. The zero-order valence-electron chi connectivity index (χ0n) is 14.0. The van der Waals surface area contributed by atoms with Crippen molar-refractivity contribution in [3.63, 3.8) is 0 Å². The standard InChI is InChI=1S/C18H27N3O.HI/c1-4-7-10-13-20-18(19-6-3)21-15-16-11-8-9-12-17(16)22-14-5-2;/h4-5,7-9,11-12H,2,6,10,13-15H2,1,3H3,(H2,19,20,21);1H/b7-4+;. The maximum absolute atomic E-state index is 5.65. The summed E-state index contributed by atoms with van der Waals surface area (Å²) in [5.74, 6) is 1.68. The second-order valence-electron chi connectivity index (χ2n) is 4.69. The second-order valence-corrected chi connectivity index (χ2v) is 4.69. The zero-order valence-corrected chi connectivity index (χ0v) is 16.4. The molecule has 0 spiro atoms. The molecule has 0 radical (unpaired) electrons. The van der Waals surface area contributed by atoms with Crippen LogP contribution in [-0.4, -0.2) is 25.7 Å². The SMILES string of the molecule is C=CCOc1ccccc1CN=C(NCC)NCC/C=C/C.I. The van der Waals surface area contributed by atoms with Gasteiger partial charge in [0.1, 0.15) is 12.4 Å². The molecule has 0 heterocycles. The minimum Gasteiger partial charge on any atom is -0.489 e. The third-order valence-corrected chi connectivity index (χ3v) is 2.92. The Morgan fingerprint density at radius 2 is 2.09 bits per heavy atom. The molecular weight excluding hydrogens is 401 g/mol. The van der Waals surface area contributed by atoms with Gasteiger partial charge < -0.3 is 15.4 Å². The van der Waals surface area contributed by atoms with E-state index in [1.165, 1.54) is 0 Å². The first-order chi connectivity index (χ1) is 10.8. The Morgan fingerprint density at radius 1 is 1.30 bits per heavy atom. The third kappa shape index (κ3) is 9.28. The molecule has 0 aliphatic heterocycles. The van der Waals surface area contributed by atoms with Gasteiger partial charge in [0.25, 0.3) is 0 Å². The summed E-state index contributed by atoms with van der Waals surface area (Å²) >= 11 is 0. The number of ether oxygens (including phenoxy) is 1. The zero-order chi connectivity index (χ0) is 16.0. The van der Waals surface area contributed by atoms with Crippen molar-refractivity contribution in [2.45, 2.75) is 26.8 Å². The van der Waals surface area contributed by atoms with E-state index in [0.29, 0.717) is 13.2 Å². The lowest BCUT2D eigenvalue weighted by atomic mass is 10.2. The van der Waals surface area contributed by atoms with E-state index in [9.17, 15) is 0 Å². The first kappa shape index (κ1) is 21.5. The van der Waals surface area contributed by atoms with Crippen molar-refractivity contribution < 1.29 is 4.74 Å². The van der Waals surface area contributed by atoms with Crippen molar-refractivity contribution >= 4 is 29.9 Å². The number of para-hydroxylation sites is 1. The van der Waals surface area contributed by atoms with Gasteiger partial charge in [-0.05, 0) is 26.3 Å². The lowest BCUT2D eigenvalue weighted by Gasteiger charge is -2.12.